The van der Waals surface area contributed by atoms with Crippen LogP contribution in [0.4, 0.5) is 5.69 Å². The Labute approximate surface area is 157 Å². The van der Waals surface area contributed by atoms with E-state index in [4.69, 9.17) is 11.6 Å². The number of hydrogen-bond donors (Lipinski definition) is 0. The minimum atomic E-state index is 0.869. The number of halogens is 1. The topological polar surface area (TPSA) is 7.12 Å². The van der Waals surface area contributed by atoms with E-state index in [2.05, 4.69) is 85.1 Å². The molecule has 1 aliphatic rings. The normalized spacial score (nSPS) is 15.2. The molecule has 2 aromatic carbocycles. The minimum absolute atomic E-state index is 0.869. The van der Waals surface area contributed by atoms with Crippen molar-refractivity contribution in [1.82, 2.24) is 0 Å². The Bertz CT molecular complexity index is 1010. The van der Waals surface area contributed by atoms with E-state index in [9.17, 15) is 0 Å². The molecule has 0 bridgehead atoms. The maximum absolute atomic E-state index is 6.57. The largest absolute Gasteiger partial charge is 0.335 e. The maximum Gasteiger partial charge on any atom is 0.212 e. The fraction of sp³-hybridized carbons (Fsp3) is 0.190. The average Bonchev–Trinajstić information content (AvgIpc) is 2.99. The van der Waals surface area contributed by atoms with Crippen LogP contribution in [0.5, 0.6) is 0 Å². The lowest BCUT2D eigenvalue weighted by Crippen LogP contribution is -2.28. The molecular formula is C21H20ClN2S+. The summed E-state index contributed by atoms with van der Waals surface area (Å²) >= 11 is 8.33. The number of fused-ring (bicyclic) bond motifs is 2. The number of pyridine rings is 1. The molecule has 1 aliphatic heterocycles. The van der Waals surface area contributed by atoms with E-state index in [1.807, 2.05) is 0 Å². The number of aromatic nitrogens is 1. The predicted octanol–water partition coefficient (Wildman–Crippen LogP) is 5.56. The van der Waals surface area contributed by atoms with Crippen molar-refractivity contribution >= 4 is 46.0 Å². The monoisotopic (exact) mass is 367 g/mol. The summed E-state index contributed by atoms with van der Waals surface area (Å²) in [4.78, 5) is 3.51. The summed E-state index contributed by atoms with van der Waals surface area (Å²) in [5, 5.41) is 3.35. The molecule has 0 amide bonds. The highest BCUT2D eigenvalue weighted by Crippen LogP contribution is 2.50. The third-order valence-corrected chi connectivity index (χ3v) is 6.46. The summed E-state index contributed by atoms with van der Waals surface area (Å²) in [5.41, 5.74) is 4.80. The SMILES string of the molecule is CCN1/C(=C\c2cc[n+](C)c3ccccc23)Sc2c1ccc(C)c2Cl. The lowest BCUT2D eigenvalue weighted by atomic mass is 10.1. The lowest BCUT2D eigenvalue weighted by molar-refractivity contribution is -0.644. The van der Waals surface area contributed by atoms with Crippen LogP contribution in [-0.4, -0.2) is 6.54 Å². The van der Waals surface area contributed by atoms with Gasteiger partial charge in [-0.05, 0) is 43.2 Å². The van der Waals surface area contributed by atoms with Crippen molar-refractivity contribution in [2.45, 2.75) is 18.7 Å². The van der Waals surface area contributed by atoms with Crippen LogP contribution < -0.4 is 9.47 Å². The molecule has 0 atom stereocenters. The summed E-state index contributed by atoms with van der Waals surface area (Å²) in [6.45, 7) is 5.16. The number of nitrogens with zero attached hydrogens (tertiary/aromatic N) is 2. The van der Waals surface area contributed by atoms with Gasteiger partial charge in [0.2, 0.25) is 5.52 Å². The second kappa shape index (κ2) is 6.40. The quantitative estimate of drug-likeness (QED) is 0.547. The van der Waals surface area contributed by atoms with Gasteiger partial charge >= 0.3 is 0 Å². The van der Waals surface area contributed by atoms with Crippen molar-refractivity contribution < 1.29 is 4.57 Å². The van der Waals surface area contributed by atoms with Crippen molar-refractivity contribution in [3.05, 3.63) is 69.8 Å². The Morgan fingerprint density at radius 3 is 2.76 bits per heavy atom. The van der Waals surface area contributed by atoms with E-state index in [1.54, 1.807) is 11.8 Å². The molecule has 0 saturated carbocycles. The van der Waals surface area contributed by atoms with Crippen LogP contribution in [0, 0.1) is 6.92 Å². The van der Waals surface area contributed by atoms with Gasteiger partial charge in [-0.25, -0.2) is 4.57 Å². The molecular weight excluding hydrogens is 348 g/mol. The summed E-state index contributed by atoms with van der Waals surface area (Å²) in [6.07, 6.45) is 4.40. The van der Waals surface area contributed by atoms with Gasteiger partial charge in [0.05, 0.1) is 26.0 Å². The number of para-hydroxylation sites is 1. The van der Waals surface area contributed by atoms with Crippen LogP contribution in [0.2, 0.25) is 5.02 Å². The molecule has 0 saturated heterocycles. The first-order valence-corrected chi connectivity index (χ1v) is 9.63. The highest BCUT2D eigenvalue weighted by molar-refractivity contribution is 8.04. The molecule has 0 spiro atoms. The predicted molar refractivity (Wildman–Crippen MR) is 108 cm³/mol. The summed E-state index contributed by atoms with van der Waals surface area (Å²) in [6, 6.07) is 15.0. The molecule has 3 aromatic rings. The van der Waals surface area contributed by atoms with Crippen LogP contribution in [0.15, 0.2) is 58.6 Å². The first kappa shape index (κ1) is 16.5. The van der Waals surface area contributed by atoms with Crippen LogP contribution in [0.1, 0.15) is 18.1 Å². The first-order valence-electron chi connectivity index (χ1n) is 8.43. The zero-order valence-electron chi connectivity index (χ0n) is 14.6. The van der Waals surface area contributed by atoms with Gasteiger partial charge in [-0.15, -0.1) is 0 Å². The van der Waals surface area contributed by atoms with Gasteiger partial charge in [0.1, 0.15) is 7.05 Å². The molecule has 0 fully saturated rings. The highest BCUT2D eigenvalue weighted by Gasteiger charge is 2.27. The third-order valence-electron chi connectivity index (χ3n) is 4.70. The van der Waals surface area contributed by atoms with Gasteiger partial charge in [0.25, 0.3) is 0 Å². The van der Waals surface area contributed by atoms with Crippen LogP contribution in [0.3, 0.4) is 0 Å². The summed E-state index contributed by atoms with van der Waals surface area (Å²) in [7, 11) is 2.08. The lowest BCUT2D eigenvalue weighted by Gasteiger charge is -2.18. The van der Waals surface area contributed by atoms with Crippen molar-refractivity contribution in [3.63, 3.8) is 0 Å². The van der Waals surface area contributed by atoms with Crippen molar-refractivity contribution in [2.75, 3.05) is 11.4 Å². The number of hydrogen-bond acceptors (Lipinski definition) is 2. The zero-order chi connectivity index (χ0) is 17.6. The van der Waals surface area contributed by atoms with Crippen molar-refractivity contribution in [3.8, 4) is 0 Å². The molecule has 4 heteroatoms. The number of aryl methyl sites for hydroxylation is 2. The zero-order valence-corrected chi connectivity index (χ0v) is 16.2. The molecule has 2 heterocycles. The van der Waals surface area contributed by atoms with Crippen LogP contribution >= 0.6 is 23.4 Å². The van der Waals surface area contributed by atoms with E-state index in [0.29, 0.717) is 0 Å². The number of benzene rings is 2. The van der Waals surface area contributed by atoms with Gasteiger partial charge < -0.3 is 4.90 Å². The van der Waals surface area contributed by atoms with Gasteiger partial charge in [0, 0.05) is 18.7 Å². The van der Waals surface area contributed by atoms with Crippen LogP contribution in [-0.2, 0) is 7.05 Å². The van der Waals surface area contributed by atoms with Crippen molar-refractivity contribution in [1.29, 1.82) is 0 Å². The Kier molecular flexibility index (Phi) is 4.22. The standard InChI is InChI=1S/C21H20ClN2S/c1-4-24-18-10-9-14(2)20(22)21(18)25-19(24)13-15-11-12-23(3)17-8-6-5-7-16(15)17/h5-13H,4H2,1-3H3/q+1. The average molecular weight is 368 g/mol. The smallest absolute Gasteiger partial charge is 0.212 e. The maximum atomic E-state index is 6.57. The molecule has 0 radical (unpaired) electrons. The van der Waals surface area contributed by atoms with E-state index in [1.165, 1.54) is 32.1 Å². The Morgan fingerprint density at radius 1 is 1.16 bits per heavy atom. The summed E-state index contributed by atoms with van der Waals surface area (Å²) in [5.74, 6) is 0. The molecule has 1 aromatic heterocycles. The van der Waals surface area contributed by atoms with Crippen LogP contribution in [0.25, 0.3) is 17.0 Å². The van der Waals surface area contributed by atoms with Gasteiger partial charge in [-0.3, -0.25) is 0 Å². The third kappa shape index (κ3) is 2.72. The van der Waals surface area contributed by atoms with Gasteiger partial charge in [-0.2, -0.15) is 0 Å². The molecule has 25 heavy (non-hydrogen) atoms. The molecule has 2 nitrogen and oxygen atoms in total. The Hall–Kier alpha value is -1.97. The van der Waals surface area contributed by atoms with Gasteiger partial charge in [0.15, 0.2) is 6.20 Å². The molecule has 0 unspecified atom stereocenters. The minimum Gasteiger partial charge on any atom is -0.335 e. The van der Waals surface area contributed by atoms with E-state index >= 15 is 0 Å². The van der Waals surface area contributed by atoms with Crippen molar-refractivity contribution in [2.24, 2.45) is 7.05 Å². The summed E-state index contributed by atoms with van der Waals surface area (Å²) < 4.78 is 2.16. The molecule has 4 rings (SSSR count). The second-order valence-electron chi connectivity index (χ2n) is 6.27. The molecule has 126 valence electrons. The van der Waals surface area contributed by atoms with E-state index in [-0.39, 0.29) is 0 Å². The highest BCUT2D eigenvalue weighted by atomic mass is 35.5. The van der Waals surface area contributed by atoms with Gasteiger partial charge in [-0.1, -0.05) is 41.6 Å². The molecule has 0 N–H and O–H groups in total. The first-order chi connectivity index (χ1) is 12.1. The van der Waals surface area contributed by atoms with E-state index in [0.717, 1.165) is 17.1 Å². The fourth-order valence-electron chi connectivity index (χ4n) is 3.31. The second-order valence-corrected chi connectivity index (χ2v) is 7.68. The number of thioether (sulfide) groups is 1. The fourth-order valence-corrected chi connectivity index (χ4v) is 4.85. The van der Waals surface area contributed by atoms with E-state index < -0.39 is 0 Å². The Balaban J connectivity index is 1.86. The number of rotatable bonds is 2. The number of anilines is 1. The molecule has 0 aliphatic carbocycles. The Morgan fingerprint density at radius 2 is 1.96 bits per heavy atom.